The second kappa shape index (κ2) is 3.73. The van der Waals surface area contributed by atoms with Gasteiger partial charge in [0.25, 0.3) is 0 Å². The van der Waals surface area contributed by atoms with E-state index in [9.17, 15) is 4.79 Å². The third kappa shape index (κ3) is 1.74. The summed E-state index contributed by atoms with van der Waals surface area (Å²) in [5, 5.41) is 12.1. The number of hydrogen-bond donors (Lipinski definition) is 1. The van der Waals surface area contributed by atoms with Crippen molar-refractivity contribution in [3.63, 3.8) is 0 Å². The Morgan fingerprint density at radius 2 is 1.82 bits per heavy atom. The SMILES string of the molecule is CC1(C)C(C(=O)N[C@H]2CCC[C@@H]2C#N)C1(C)C. The van der Waals surface area contributed by atoms with Gasteiger partial charge in [0.15, 0.2) is 0 Å². The summed E-state index contributed by atoms with van der Waals surface area (Å²) in [4.78, 5) is 12.2. The standard InChI is InChI=1S/C14H22N2O/c1-13(2)11(14(13,3)4)12(17)16-10-7-5-6-9(10)8-15/h9-11H,5-7H2,1-4H3,(H,16,17)/t9-,10+/m1/s1. The molecular weight excluding hydrogens is 212 g/mol. The largest absolute Gasteiger partial charge is 0.352 e. The molecule has 2 fully saturated rings. The summed E-state index contributed by atoms with van der Waals surface area (Å²) in [6.45, 7) is 8.59. The molecule has 0 spiro atoms. The Morgan fingerprint density at radius 1 is 1.24 bits per heavy atom. The molecule has 0 aromatic rings. The van der Waals surface area contributed by atoms with Gasteiger partial charge in [0.05, 0.1) is 12.0 Å². The van der Waals surface area contributed by atoms with E-state index in [4.69, 9.17) is 5.26 Å². The lowest BCUT2D eigenvalue weighted by atomic mass is 10.0. The molecule has 0 unspecified atom stereocenters. The maximum atomic E-state index is 12.2. The van der Waals surface area contributed by atoms with E-state index in [0.717, 1.165) is 19.3 Å². The Balaban J connectivity index is 1.98. The number of nitriles is 1. The van der Waals surface area contributed by atoms with Crippen LogP contribution in [0.15, 0.2) is 0 Å². The lowest BCUT2D eigenvalue weighted by Gasteiger charge is -2.16. The zero-order valence-corrected chi connectivity index (χ0v) is 11.2. The quantitative estimate of drug-likeness (QED) is 0.798. The minimum Gasteiger partial charge on any atom is -0.352 e. The third-order valence-corrected chi connectivity index (χ3v) is 5.29. The van der Waals surface area contributed by atoms with Crippen LogP contribution in [0.2, 0.25) is 0 Å². The summed E-state index contributed by atoms with van der Waals surface area (Å²) in [6, 6.07) is 2.39. The maximum Gasteiger partial charge on any atom is 0.224 e. The van der Waals surface area contributed by atoms with Crippen LogP contribution in [0.5, 0.6) is 0 Å². The topological polar surface area (TPSA) is 52.9 Å². The first kappa shape index (κ1) is 12.4. The van der Waals surface area contributed by atoms with E-state index in [-0.39, 0.29) is 34.6 Å². The van der Waals surface area contributed by atoms with Crippen molar-refractivity contribution in [3.05, 3.63) is 0 Å². The summed E-state index contributed by atoms with van der Waals surface area (Å²) in [5.41, 5.74) is 0.162. The number of carbonyl (C=O) groups is 1. The Hall–Kier alpha value is -1.04. The Morgan fingerprint density at radius 3 is 2.29 bits per heavy atom. The van der Waals surface area contributed by atoms with Crippen LogP contribution < -0.4 is 5.32 Å². The molecule has 2 rings (SSSR count). The predicted molar refractivity (Wildman–Crippen MR) is 65.9 cm³/mol. The number of rotatable bonds is 2. The van der Waals surface area contributed by atoms with Crippen LogP contribution in [0.25, 0.3) is 0 Å². The zero-order chi connectivity index (χ0) is 12.8. The molecule has 3 nitrogen and oxygen atoms in total. The molecule has 2 saturated carbocycles. The van der Waals surface area contributed by atoms with Crippen LogP contribution in [0.4, 0.5) is 0 Å². The van der Waals surface area contributed by atoms with Gasteiger partial charge in [-0.25, -0.2) is 0 Å². The summed E-state index contributed by atoms with van der Waals surface area (Å²) in [6.07, 6.45) is 2.94. The Kier molecular flexibility index (Phi) is 2.72. The molecule has 2 atom stereocenters. The smallest absolute Gasteiger partial charge is 0.224 e. The Labute approximate surface area is 104 Å². The van der Waals surface area contributed by atoms with Gasteiger partial charge in [-0.05, 0) is 30.1 Å². The second-order valence-corrected chi connectivity index (χ2v) is 6.66. The minimum atomic E-state index is 0.0175. The molecule has 0 aromatic carbocycles. The molecule has 3 heteroatoms. The number of hydrogen-bond acceptors (Lipinski definition) is 2. The molecule has 0 radical (unpaired) electrons. The Bertz CT molecular complexity index is 364. The summed E-state index contributed by atoms with van der Waals surface area (Å²) in [7, 11) is 0. The molecular formula is C14H22N2O. The van der Waals surface area contributed by atoms with Crippen molar-refractivity contribution in [2.45, 2.75) is 53.0 Å². The van der Waals surface area contributed by atoms with Crippen molar-refractivity contribution in [3.8, 4) is 6.07 Å². The minimum absolute atomic E-state index is 0.0175. The van der Waals surface area contributed by atoms with Crippen molar-refractivity contribution in [1.82, 2.24) is 5.32 Å². The fourth-order valence-electron chi connectivity index (χ4n) is 3.41. The van der Waals surface area contributed by atoms with Gasteiger partial charge in [-0.2, -0.15) is 5.26 Å². The van der Waals surface area contributed by atoms with Gasteiger partial charge in [-0.15, -0.1) is 0 Å². The zero-order valence-electron chi connectivity index (χ0n) is 11.2. The molecule has 2 aliphatic rings. The van der Waals surface area contributed by atoms with Crippen molar-refractivity contribution in [2.24, 2.45) is 22.7 Å². The van der Waals surface area contributed by atoms with Gasteiger partial charge in [0.1, 0.15) is 0 Å². The van der Waals surface area contributed by atoms with Crippen molar-refractivity contribution in [2.75, 3.05) is 0 Å². The molecule has 2 aliphatic carbocycles. The van der Waals surface area contributed by atoms with E-state index in [1.165, 1.54) is 0 Å². The van der Waals surface area contributed by atoms with Gasteiger partial charge in [-0.1, -0.05) is 27.7 Å². The van der Waals surface area contributed by atoms with Crippen LogP contribution in [-0.4, -0.2) is 11.9 Å². The van der Waals surface area contributed by atoms with Gasteiger partial charge < -0.3 is 5.32 Å². The summed E-state index contributed by atoms with van der Waals surface area (Å²) in [5.74, 6) is 0.256. The van der Waals surface area contributed by atoms with Crippen LogP contribution in [-0.2, 0) is 4.79 Å². The average molecular weight is 234 g/mol. The van der Waals surface area contributed by atoms with E-state index in [0.29, 0.717) is 0 Å². The van der Waals surface area contributed by atoms with E-state index in [1.54, 1.807) is 0 Å². The first-order chi connectivity index (χ1) is 7.82. The molecule has 0 aromatic heterocycles. The molecule has 0 saturated heterocycles. The van der Waals surface area contributed by atoms with E-state index in [2.05, 4.69) is 39.1 Å². The van der Waals surface area contributed by atoms with Crippen LogP contribution >= 0.6 is 0 Å². The van der Waals surface area contributed by atoms with Gasteiger partial charge in [0.2, 0.25) is 5.91 Å². The summed E-state index contributed by atoms with van der Waals surface area (Å²) < 4.78 is 0. The van der Waals surface area contributed by atoms with E-state index < -0.39 is 0 Å². The molecule has 17 heavy (non-hydrogen) atoms. The molecule has 0 aliphatic heterocycles. The number of amides is 1. The number of carbonyl (C=O) groups excluding carboxylic acids is 1. The lowest BCUT2D eigenvalue weighted by molar-refractivity contribution is -0.124. The molecule has 0 bridgehead atoms. The first-order valence-electron chi connectivity index (χ1n) is 6.52. The molecule has 1 N–H and O–H groups in total. The molecule has 0 heterocycles. The highest BCUT2D eigenvalue weighted by molar-refractivity contribution is 5.84. The third-order valence-electron chi connectivity index (χ3n) is 5.29. The van der Waals surface area contributed by atoms with Gasteiger partial charge in [-0.3, -0.25) is 4.79 Å². The van der Waals surface area contributed by atoms with Crippen LogP contribution in [0, 0.1) is 34.0 Å². The highest BCUT2D eigenvalue weighted by Gasteiger charge is 2.68. The maximum absolute atomic E-state index is 12.2. The first-order valence-corrected chi connectivity index (χ1v) is 6.52. The highest BCUT2D eigenvalue weighted by atomic mass is 16.2. The fraction of sp³-hybridized carbons (Fsp3) is 0.857. The van der Waals surface area contributed by atoms with Gasteiger partial charge >= 0.3 is 0 Å². The summed E-state index contributed by atoms with van der Waals surface area (Å²) >= 11 is 0. The van der Waals surface area contributed by atoms with Crippen LogP contribution in [0.3, 0.4) is 0 Å². The second-order valence-electron chi connectivity index (χ2n) is 6.66. The average Bonchev–Trinajstić information content (AvgIpc) is 2.57. The van der Waals surface area contributed by atoms with Gasteiger partial charge in [0, 0.05) is 12.0 Å². The monoisotopic (exact) mass is 234 g/mol. The molecule has 1 amide bonds. The van der Waals surface area contributed by atoms with E-state index in [1.807, 2.05) is 0 Å². The van der Waals surface area contributed by atoms with Crippen LogP contribution in [0.1, 0.15) is 47.0 Å². The predicted octanol–water partition coefficient (Wildman–Crippen LogP) is 2.48. The highest BCUT2D eigenvalue weighted by Crippen LogP contribution is 2.68. The van der Waals surface area contributed by atoms with Crippen molar-refractivity contribution < 1.29 is 4.79 Å². The number of nitrogens with one attached hydrogen (secondary N) is 1. The normalized spacial score (nSPS) is 34.1. The van der Waals surface area contributed by atoms with Crippen molar-refractivity contribution in [1.29, 1.82) is 5.26 Å². The lowest BCUT2D eigenvalue weighted by Crippen LogP contribution is -2.39. The number of nitrogens with zero attached hydrogens (tertiary/aromatic N) is 1. The fourth-order valence-corrected chi connectivity index (χ4v) is 3.41. The van der Waals surface area contributed by atoms with Crippen molar-refractivity contribution >= 4 is 5.91 Å². The van der Waals surface area contributed by atoms with E-state index >= 15 is 0 Å². The molecule has 94 valence electrons.